The van der Waals surface area contributed by atoms with Crippen molar-refractivity contribution in [3.05, 3.63) is 11.6 Å². The molecule has 0 aliphatic carbocycles. The van der Waals surface area contributed by atoms with E-state index in [1.807, 2.05) is 0 Å². The van der Waals surface area contributed by atoms with Crippen LogP contribution >= 0.6 is 0 Å². The Labute approximate surface area is 66.9 Å². The number of rotatable bonds is 1. The normalized spacial score (nSPS) is 17.4. The number of hydrogen-bond donors (Lipinski definition) is 1. The van der Waals surface area contributed by atoms with Crippen molar-refractivity contribution in [3.8, 4) is 0 Å². The van der Waals surface area contributed by atoms with Crippen LogP contribution in [-0.2, 0) is 0 Å². The molecule has 0 aromatic heterocycles. The van der Waals surface area contributed by atoms with E-state index in [9.17, 15) is 4.79 Å². The number of nitrogens with two attached hydrogens (primary N) is 1. The van der Waals surface area contributed by atoms with Crippen molar-refractivity contribution in [3.63, 3.8) is 0 Å². The molecule has 11 heavy (non-hydrogen) atoms. The summed E-state index contributed by atoms with van der Waals surface area (Å²) in [7, 11) is 0. The molecule has 0 unspecified atom stereocenters. The average molecular weight is 154 g/mol. The van der Waals surface area contributed by atoms with E-state index < -0.39 is 0 Å². The SMILES string of the molecule is CC(C)C1=CCN(C(N)=O)C1. The molecule has 0 bridgehead atoms. The van der Waals surface area contributed by atoms with Crippen molar-refractivity contribution in [1.29, 1.82) is 0 Å². The fourth-order valence-corrected chi connectivity index (χ4v) is 1.16. The highest BCUT2D eigenvalue weighted by Gasteiger charge is 2.18. The van der Waals surface area contributed by atoms with Crippen LogP contribution in [0.5, 0.6) is 0 Å². The fourth-order valence-electron chi connectivity index (χ4n) is 1.16. The summed E-state index contributed by atoms with van der Waals surface area (Å²) < 4.78 is 0. The second kappa shape index (κ2) is 2.95. The van der Waals surface area contributed by atoms with Gasteiger partial charge in [-0.15, -0.1) is 0 Å². The van der Waals surface area contributed by atoms with Crippen molar-refractivity contribution in [1.82, 2.24) is 4.90 Å². The van der Waals surface area contributed by atoms with Crippen LogP contribution in [0.3, 0.4) is 0 Å². The van der Waals surface area contributed by atoms with Crippen molar-refractivity contribution in [2.75, 3.05) is 13.1 Å². The summed E-state index contributed by atoms with van der Waals surface area (Å²) in [6.45, 7) is 5.64. The molecule has 0 aromatic rings. The first-order valence-electron chi connectivity index (χ1n) is 3.84. The maximum Gasteiger partial charge on any atom is 0.315 e. The highest BCUT2D eigenvalue weighted by Crippen LogP contribution is 2.16. The molecule has 0 saturated heterocycles. The number of nitrogens with zero attached hydrogens (tertiary/aromatic N) is 1. The predicted octanol–water partition coefficient (Wildman–Crippen LogP) is 0.963. The lowest BCUT2D eigenvalue weighted by molar-refractivity contribution is 0.219. The average Bonchev–Trinajstić information content (AvgIpc) is 2.33. The molecule has 0 aromatic carbocycles. The third-order valence-corrected chi connectivity index (χ3v) is 2.00. The molecule has 2 amide bonds. The Hall–Kier alpha value is -0.990. The summed E-state index contributed by atoms with van der Waals surface area (Å²) >= 11 is 0. The van der Waals surface area contributed by atoms with Crippen LogP contribution in [0.4, 0.5) is 4.79 Å². The van der Waals surface area contributed by atoms with Crippen molar-refractivity contribution >= 4 is 6.03 Å². The number of urea groups is 1. The first-order valence-corrected chi connectivity index (χ1v) is 3.84. The smallest absolute Gasteiger partial charge is 0.315 e. The van der Waals surface area contributed by atoms with Crippen LogP contribution in [-0.4, -0.2) is 24.0 Å². The molecule has 0 saturated carbocycles. The van der Waals surface area contributed by atoms with Gasteiger partial charge in [-0.3, -0.25) is 0 Å². The minimum atomic E-state index is -0.322. The summed E-state index contributed by atoms with van der Waals surface area (Å²) in [5.74, 6) is 0.527. The van der Waals surface area contributed by atoms with Gasteiger partial charge in [0, 0.05) is 13.1 Å². The summed E-state index contributed by atoms with van der Waals surface area (Å²) in [5.41, 5.74) is 6.42. The quantitative estimate of drug-likeness (QED) is 0.562. The van der Waals surface area contributed by atoms with E-state index >= 15 is 0 Å². The van der Waals surface area contributed by atoms with E-state index in [0.717, 1.165) is 0 Å². The summed E-state index contributed by atoms with van der Waals surface area (Å²) in [6, 6.07) is -0.322. The molecule has 0 atom stereocenters. The van der Waals surface area contributed by atoms with E-state index in [1.54, 1.807) is 4.90 Å². The van der Waals surface area contributed by atoms with Gasteiger partial charge in [-0.25, -0.2) is 4.79 Å². The van der Waals surface area contributed by atoms with Crippen LogP contribution in [0.15, 0.2) is 11.6 Å². The van der Waals surface area contributed by atoms with Gasteiger partial charge in [0.05, 0.1) is 0 Å². The van der Waals surface area contributed by atoms with E-state index in [1.165, 1.54) is 5.57 Å². The standard InChI is InChI=1S/C8H14N2O/c1-6(2)7-3-4-10(5-7)8(9)11/h3,6H,4-5H2,1-2H3,(H2,9,11). The third-order valence-electron chi connectivity index (χ3n) is 2.00. The molecular formula is C8H14N2O. The molecular weight excluding hydrogens is 140 g/mol. The minimum absolute atomic E-state index is 0.322. The lowest BCUT2D eigenvalue weighted by atomic mass is 10.1. The van der Waals surface area contributed by atoms with Gasteiger partial charge in [-0.05, 0) is 5.92 Å². The van der Waals surface area contributed by atoms with E-state index in [-0.39, 0.29) is 6.03 Å². The van der Waals surface area contributed by atoms with Crippen molar-refractivity contribution in [2.45, 2.75) is 13.8 Å². The molecule has 3 nitrogen and oxygen atoms in total. The predicted molar refractivity (Wildman–Crippen MR) is 44.1 cm³/mol. The maximum atomic E-state index is 10.7. The van der Waals surface area contributed by atoms with Gasteiger partial charge in [0.15, 0.2) is 0 Å². The Balaban J connectivity index is 2.49. The lowest BCUT2D eigenvalue weighted by Crippen LogP contribution is -2.34. The Morgan fingerprint density at radius 2 is 2.36 bits per heavy atom. The lowest BCUT2D eigenvalue weighted by Gasteiger charge is -2.13. The second-order valence-corrected chi connectivity index (χ2v) is 3.15. The zero-order valence-corrected chi connectivity index (χ0v) is 7.00. The van der Waals surface area contributed by atoms with Gasteiger partial charge in [0.1, 0.15) is 0 Å². The molecule has 1 heterocycles. The Kier molecular flexibility index (Phi) is 2.17. The van der Waals surface area contributed by atoms with Crippen molar-refractivity contribution < 1.29 is 4.79 Å². The zero-order chi connectivity index (χ0) is 8.43. The molecule has 62 valence electrons. The molecule has 1 aliphatic heterocycles. The zero-order valence-electron chi connectivity index (χ0n) is 7.00. The van der Waals surface area contributed by atoms with Crippen LogP contribution in [0.2, 0.25) is 0 Å². The molecule has 1 aliphatic rings. The van der Waals surface area contributed by atoms with Gasteiger partial charge in [-0.2, -0.15) is 0 Å². The number of hydrogen-bond acceptors (Lipinski definition) is 1. The van der Waals surface area contributed by atoms with Crippen molar-refractivity contribution in [2.24, 2.45) is 11.7 Å². The fraction of sp³-hybridized carbons (Fsp3) is 0.625. The first kappa shape index (κ1) is 8.11. The first-order chi connectivity index (χ1) is 5.11. The van der Waals surface area contributed by atoms with E-state index in [2.05, 4.69) is 19.9 Å². The number of primary amides is 1. The number of amides is 2. The van der Waals surface area contributed by atoms with Gasteiger partial charge in [0.25, 0.3) is 0 Å². The minimum Gasteiger partial charge on any atom is -0.351 e. The van der Waals surface area contributed by atoms with Crippen LogP contribution in [0, 0.1) is 5.92 Å². The molecule has 1 rings (SSSR count). The summed E-state index contributed by atoms with van der Waals surface area (Å²) in [6.07, 6.45) is 2.08. The monoisotopic (exact) mass is 154 g/mol. The highest BCUT2D eigenvalue weighted by atomic mass is 16.2. The Bertz CT molecular complexity index is 196. The number of carbonyl (C=O) groups excluding carboxylic acids is 1. The maximum absolute atomic E-state index is 10.7. The van der Waals surface area contributed by atoms with Crippen LogP contribution < -0.4 is 5.73 Å². The third kappa shape index (κ3) is 1.73. The molecule has 0 fully saturated rings. The molecule has 2 N–H and O–H groups in total. The van der Waals surface area contributed by atoms with E-state index in [4.69, 9.17) is 5.73 Å². The second-order valence-electron chi connectivity index (χ2n) is 3.15. The van der Waals surface area contributed by atoms with Crippen LogP contribution in [0.1, 0.15) is 13.8 Å². The van der Waals surface area contributed by atoms with E-state index in [0.29, 0.717) is 19.0 Å². The largest absolute Gasteiger partial charge is 0.351 e. The summed E-state index contributed by atoms with van der Waals surface area (Å²) in [4.78, 5) is 12.3. The number of carbonyl (C=O) groups is 1. The highest BCUT2D eigenvalue weighted by molar-refractivity contribution is 5.73. The molecule has 3 heteroatoms. The van der Waals surface area contributed by atoms with Gasteiger partial charge in [-0.1, -0.05) is 25.5 Å². The molecule has 0 spiro atoms. The molecule has 0 radical (unpaired) electrons. The summed E-state index contributed by atoms with van der Waals surface area (Å²) in [5, 5.41) is 0. The Morgan fingerprint density at radius 1 is 1.73 bits per heavy atom. The van der Waals surface area contributed by atoms with Crippen LogP contribution in [0.25, 0.3) is 0 Å². The van der Waals surface area contributed by atoms with Gasteiger partial charge < -0.3 is 10.6 Å². The Morgan fingerprint density at radius 3 is 2.64 bits per heavy atom. The van der Waals surface area contributed by atoms with Gasteiger partial charge >= 0.3 is 6.03 Å². The topological polar surface area (TPSA) is 46.3 Å². The van der Waals surface area contributed by atoms with Gasteiger partial charge in [0.2, 0.25) is 0 Å².